The second-order valence-electron chi connectivity index (χ2n) is 4.68. The number of esters is 1. The van der Waals surface area contributed by atoms with E-state index in [1.54, 1.807) is 6.92 Å². The third-order valence-corrected chi connectivity index (χ3v) is 3.41. The second kappa shape index (κ2) is 6.15. The second-order valence-corrected chi connectivity index (χ2v) is 4.68. The SMILES string of the molecule is CCOC(=O)C(=O)NCC1CN2CCCC2CO1. The minimum Gasteiger partial charge on any atom is -0.459 e. The fraction of sp³-hybridized carbons (Fsp3) is 0.833. The lowest BCUT2D eigenvalue weighted by Crippen LogP contribution is -2.50. The number of nitrogens with zero attached hydrogens (tertiary/aromatic N) is 1. The van der Waals surface area contributed by atoms with Crippen LogP contribution in [-0.4, -0.2) is 61.8 Å². The molecule has 2 fully saturated rings. The summed E-state index contributed by atoms with van der Waals surface area (Å²) in [5.74, 6) is -1.52. The maximum atomic E-state index is 11.3. The Hall–Kier alpha value is -1.14. The first-order valence-corrected chi connectivity index (χ1v) is 6.51. The molecule has 2 aliphatic rings. The van der Waals surface area contributed by atoms with E-state index in [2.05, 4.69) is 15.0 Å². The molecule has 0 radical (unpaired) electrons. The van der Waals surface area contributed by atoms with Crippen molar-refractivity contribution < 1.29 is 19.1 Å². The van der Waals surface area contributed by atoms with Crippen molar-refractivity contribution in [3.8, 4) is 0 Å². The lowest BCUT2D eigenvalue weighted by molar-refractivity contribution is -0.155. The van der Waals surface area contributed by atoms with Crippen LogP contribution >= 0.6 is 0 Å². The summed E-state index contributed by atoms with van der Waals surface area (Å²) in [5, 5.41) is 2.55. The van der Waals surface area contributed by atoms with Gasteiger partial charge >= 0.3 is 11.9 Å². The molecular formula is C12H20N2O4. The van der Waals surface area contributed by atoms with Crippen LogP contribution in [0.4, 0.5) is 0 Å². The van der Waals surface area contributed by atoms with Gasteiger partial charge in [0.05, 0.1) is 19.3 Å². The van der Waals surface area contributed by atoms with Gasteiger partial charge in [-0.1, -0.05) is 0 Å². The summed E-state index contributed by atoms with van der Waals surface area (Å²) in [6.07, 6.45) is 2.38. The summed E-state index contributed by atoms with van der Waals surface area (Å²) < 4.78 is 10.3. The van der Waals surface area contributed by atoms with Gasteiger partial charge < -0.3 is 14.8 Å². The van der Waals surface area contributed by atoms with Crippen LogP contribution in [-0.2, 0) is 19.1 Å². The van der Waals surface area contributed by atoms with Crippen molar-refractivity contribution in [2.75, 3.05) is 32.8 Å². The minimum atomic E-state index is -0.827. The van der Waals surface area contributed by atoms with Gasteiger partial charge in [0.25, 0.3) is 0 Å². The zero-order valence-electron chi connectivity index (χ0n) is 10.7. The first-order valence-electron chi connectivity index (χ1n) is 6.51. The van der Waals surface area contributed by atoms with E-state index in [9.17, 15) is 9.59 Å². The average molecular weight is 256 g/mol. The lowest BCUT2D eigenvalue weighted by Gasteiger charge is -2.35. The van der Waals surface area contributed by atoms with Gasteiger partial charge in [0.2, 0.25) is 0 Å². The van der Waals surface area contributed by atoms with Gasteiger partial charge in [0, 0.05) is 19.1 Å². The predicted molar refractivity (Wildman–Crippen MR) is 64.0 cm³/mol. The van der Waals surface area contributed by atoms with Gasteiger partial charge in [-0.25, -0.2) is 4.79 Å². The van der Waals surface area contributed by atoms with Gasteiger partial charge in [-0.3, -0.25) is 9.69 Å². The Balaban J connectivity index is 1.70. The Morgan fingerprint density at radius 1 is 1.50 bits per heavy atom. The largest absolute Gasteiger partial charge is 0.459 e. The summed E-state index contributed by atoms with van der Waals surface area (Å²) in [7, 11) is 0. The van der Waals surface area contributed by atoms with Crippen LogP contribution in [0.1, 0.15) is 19.8 Å². The zero-order valence-corrected chi connectivity index (χ0v) is 10.7. The Labute approximate surface area is 107 Å². The van der Waals surface area contributed by atoms with Crippen molar-refractivity contribution in [3.05, 3.63) is 0 Å². The molecule has 102 valence electrons. The molecule has 0 spiro atoms. The predicted octanol–water partition coefficient (Wildman–Crippen LogP) is -0.471. The number of rotatable bonds is 3. The summed E-state index contributed by atoms with van der Waals surface area (Å²) >= 11 is 0. The first-order chi connectivity index (χ1) is 8.70. The third kappa shape index (κ3) is 3.20. The number of nitrogens with one attached hydrogen (secondary N) is 1. The highest BCUT2D eigenvalue weighted by molar-refractivity contribution is 6.32. The van der Waals surface area contributed by atoms with Gasteiger partial charge in [0.1, 0.15) is 0 Å². The van der Waals surface area contributed by atoms with Crippen molar-refractivity contribution in [3.63, 3.8) is 0 Å². The van der Waals surface area contributed by atoms with Crippen LogP contribution in [0.2, 0.25) is 0 Å². The lowest BCUT2D eigenvalue weighted by atomic mass is 10.2. The van der Waals surface area contributed by atoms with Crippen LogP contribution in [0.5, 0.6) is 0 Å². The Morgan fingerprint density at radius 2 is 2.33 bits per heavy atom. The summed E-state index contributed by atoms with van der Waals surface area (Å²) in [4.78, 5) is 24.9. The number of hydrogen-bond donors (Lipinski definition) is 1. The highest BCUT2D eigenvalue weighted by atomic mass is 16.5. The minimum absolute atomic E-state index is 0.0299. The van der Waals surface area contributed by atoms with Gasteiger partial charge in [0.15, 0.2) is 0 Å². The molecule has 2 atom stereocenters. The molecule has 0 aromatic heterocycles. The Bertz CT molecular complexity index is 321. The van der Waals surface area contributed by atoms with Crippen molar-refractivity contribution >= 4 is 11.9 Å². The number of morpholine rings is 1. The monoisotopic (exact) mass is 256 g/mol. The fourth-order valence-corrected chi connectivity index (χ4v) is 2.48. The topological polar surface area (TPSA) is 67.9 Å². The third-order valence-electron chi connectivity index (χ3n) is 3.41. The number of fused-ring (bicyclic) bond motifs is 1. The van der Waals surface area contributed by atoms with Crippen LogP contribution < -0.4 is 5.32 Å². The van der Waals surface area contributed by atoms with Crippen LogP contribution in [0.25, 0.3) is 0 Å². The van der Waals surface area contributed by atoms with Crippen molar-refractivity contribution in [2.45, 2.75) is 31.9 Å². The van der Waals surface area contributed by atoms with E-state index in [-0.39, 0.29) is 12.7 Å². The van der Waals surface area contributed by atoms with E-state index < -0.39 is 11.9 Å². The maximum Gasteiger partial charge on any atom is 0.396 e. The Morgan fingerprint density at radius 3 is 3.11 bits per heavy atom. The molecular weight excluding hydrogens is 236 g/mol. The van der Waals surface area contributed by atoms with Crippen LogP contribution in [0.3, 0.4) is 0 Å². The molecule has 0 aliphatic carbocycles. The van der Waals surface area contributed by atoms with Crippen molar-refractivity contribution in [1.29, 1.82) is 0 Å². The molecule has 2 rings (SSSR count). The van der Waals surface area contributed by atoms with E-state index in [1.807, 2.05) is 0 Å². The highest BCUT2D eigenvalue weighted by Gasteiger charge is 2.32. The molecule has 0 aromatic rings. The van der Waals surface area contributed by atoms with Crippen LogP contribution in [0.15, 0.2) is 0 Å². The molecule has 0 aromatic carbocycles. The van der Waals surface area contributed by atoms with Gasteiger partial charge in [-0.15, -0.1) is 0 Å². The van der Waals surface area contributed by atoms with E-state index in [0.717, 1.165) is 19.7 Å². The van der Waals surface area contributed by atoms with Crippen molar-refractivity contribution in [1.82, 2.24) is 10.2 Å². The first kappa shape index (κ1) is 13.3. The number of amides is 1. The Kier molecular flexibility index (Phi) is 4.54. The molecule has 2 unspecified atom stereocenters. The van der Waals surface area contributed by atoms with E-state index in [1.165, 1.54) is 12.8 Å². The molecule has 6 nitrogen and oxygen atoms in total. The zero-order chi connectivity index (χ0) is 13.0. The average Bonchev–Trinajstić information content (AvgIpc) is 2.83. The smallest absolute Gasteiger partial charge is 0.396 e. The summed E-state index contributed by atoms with van der Waals surface area (Å²) in [6.45, 7) is 4.90. The van der Waals surface area contributed by atoms with Gasteiger partial charge in [-0.05, 0) is 26.3 Å². The van der Waals surface area contributed by atoms with E-state index in [4.69, 9.17) is 4.74 Å². The maximum absolute atomic E-state index is 11.3. The quantitative estimate of drug-likeness (QED) is 0.546. The molecule has 1 N–H and O–H groups in total. The summed E-state index contributed by atoms with van der Waals surface area (Å²) in [5.41, 5.74) is 0. The van der Waals surface area contributed by atoms with E-state index in [0.29, 0.717) is 12.6 Å². The van der Waals surface area contributed by atoms with Gasteiger partial charge in [-0.2, -0.15) is 0 Å². The molecule has 1 amide bonds. The standard InChI is InChI=1S/C12H20N2O4/c1-2-17-12(16)11(15)13-6-10-7-14-5-3-4-9(14)8-18-10/h9-10H,2-8H2,1H3,(H,13,15). The summed E-state index contributed by atoms with van der Waals surface area (Å²) in [6, 6.07) is 0.544. The highest BCUT2D eigenvalue weighted by Crippen LogP contribution is 2.22. The fourth-order valence-electron chi connectivity index (χ4n) is 2.48. The molecule has 18 heavy (non-hydrogen) atoms. The number of ether oxygens (including phenoxy) is 2. The van der Waals surface area contributed by atoms with Crippen LogP contribution in [0, 0.1) is 0 Å². The molecule has 2 aliphatic heterocycles. The molecule has 2 heterocycles. The molecule has 0 bridgehead atoms. The van der Waals surface area contributed by atoms with E-state index >= 15 is 0 Å². The molecule has 2 saturated heterocycles. The number of hydrogen-bond acceptors (Lipinski definition) is 5. The number of carbonyl (C=O) groups is 2. The molecule has 6 heteroatoms. The normalized spacial score (nSPS) is 27.6. The van der Waals surface area contributed by atoms with Crippen molar-refractivity contribution in [2.24, 2.45) is 0 Å². The number of carbonyl (C=O) groups excluding carboxylic acids is 2. The molecule has 0 saturated carbocycles.